The molecule has 1 amide bonds. The summed E-state index contributed by atoms with van der Waals surface area (Å²) in [6, 6.07) is 9.03. The maximum Gasteiger partial charge on any atom is 0.408 e. The highest BCUT2D eigenvalue weighted by Gasteiger charge is 2.46. The molecule has 154 valence electrons. The van der Waals surface area contributed by atoms with Crippen LogP contribution >= 0.6 is 11.3 Å². The third-order valence-corrected chi connectivity index (χ3v) is 4.72. The van der Waals surface area contributed by atoms with E-state index in [2.05, 4.69) is 10.6 Å². The van der Waals surface area contributed by atoms with E-state index in [1.54, 1.807) is 26.8 Å². The molecule has 0 aliphatic heterocycles. The van der Waals surface area contributed by atoms with E-state index in [-0.39, 0.29) is 12.1 Å². The van der Waals surface area contributed by atoms with Crippen LogP contribution in [-0.4, -0.2) is 35.5 Å². The molecule has 2 rings (SSSR count). The first-order valence-corrected chi connectivity index (χ1v) is 9.81. The molecule has 0 aliphatic carbocycles. The van der Waals surface area contributed by atoms with Gasteiger partial charge in [-0.2, -0.15) is 8.78 Å². The van der Waals surface area contributed by atoms with Gasteiger partial charge in [-0.05, 0) is 32.2 Å². The quantitative estimate of drug-likeness (QED) is 0.615. The number of carbonyl (C=O) groups is 1. The zero-order valence-corrected chi connectivity index (χ0v) is 16.9. The minimum absolute atomic E-state index is 0.124. The highest BCUT2D eigenvalue weighted by molar-refractivity contribution is 7.09. The van der Waals surface area contributed by atoms with Crippen molar-refractivity contribution in [1.29, 1.82) is 0 Å². The zero-order valence-electron chi connectivity index (χ0n) is 16.1. The molecule has 2 atom stereocenters. The van der Waals surface area contributed by atoms with Gasteiger partial charge in [0.1, 0.15) is 11.6 Å². The molecular formula is C20H26F2N2O3S. The van der Waals surface area contributed by atoms with Crippen molar-refractivity contribution in [2.45, 2.75) is 51.0 Å². The Kier molecular flexibility index (Phi) is 7.51. The Hall–Kier alpha value is -2.03. The van der Waals surface area contributed by atoms with E-state index in [4.69, 9.17) is 4.74 Å². The Morgan fingerprint density at radius 3 is 2.43 bits per heavy atom. The molecule has 0 spiro atoms. The summed E-state index contributed by atoms with van der Waals surface area (Å²) in [6.45, 7) is 5.22. The Morgan fingerprint density at radius 1 is 1.18 bits per heavy atom. The van der Waals surface area contributed by atoms with Gasteiger partial charge in [0, 0.05) is 23.5 Å². The Balaban J connectivity index is 2.13. The lowest BCUT2D eigenvalue weighted by atomic mass is 9.96. The smallest absolute Gasteiger partial charge is 0.408 e. The van der Waals surface area contributed by atoms with E-state index >= 15 is 8.78 Å². The molecule has 1 heterocycles. The number of hydrogen-bond acceptors (Lipinski definition) is 5. The average Bonchev–Trinajstić information content (AvgIpc) is 3.12. The van der Waals surface area contributed by atoms with E-state index < -0.39 is 29.8 Å². The van der Waals surface area contributed by atoms with Crippen molar-refractivity contribution in [3.63, 3.8) is 0 Å². The lowest BCUT2D eigenvalue weighted by molar-refractivity contribution is -0.0847. The average molecular weight is 413 g/mol. The number of ether oxygens (including phenoxy) is 1. The van der Waals surface area contributed by atoms with E-state index in [1.165, 1.54) is 35.6 Å². The van der Waals surface area contributed by atoms with Gasteiger partial charge in [0.2, 0.25) is 0 Å². The Morgan fingerprint density at radius 2 is 1.86 bits per heavy atom. The zero-order chi connectivity index (χ0) is 20.8. The maximum atomic E-state index is 15.1. The normalized spacial score (nSPS) is 14.4. The van der Waals surface area contributed by atoms with Crippen LogP contribution in [0, 0.1) is 0 Å². The summed E-state index contributed by atoms with van der Waals surface area (Å²) in [4.78, 5) is 13.1. The minimum atomic E-state index is -3.50. The van der Waals surface area contributed by atoms with Gasteiger partial charge < -0.3 is 20.5 Å². The number of amides is 1. The van der Waals surface area contributed by atoms with Crippen LogP contribution in [-0.2, 0) is 17.2 Å². The topological polar surface area (TPSA) is 70.6 Å². The number of rotatable bonds is 8. The van der Waals surface area contributed by atoms with Crippen LogP contribution < -0.4 is 10.6 Å². The second kappa shape index (κ2) is 9.45. The van der Waals surface area contributed by atoms with Crippen molar-refractivity contribution in [2.24, 2.45) is 0 Å². The van der Waals surface area contributed by atoms with Gasteiger partial charge in [0.05, 0.1) is 6.10 Å². The molecule has 0 fully saturated rings. The monoisotopic (exact) mass is 412 g/mol. The molecule has 0 saturated carbocycles. The molecule has 1 aromatic heterocycles. The Bertz CT molecular complexity index is 734. The van der Waals surface area contributed by atoms with E-state index in [9.17, 15) is 9.90 Å². The summed E-state index contributed by atoms with van der Waals surface area (Å²) >= 11 is 1.52. The molecule has 3 N–H and O–H groups in total. The first kappa shape index (κ1) is 22.3. The minimum Gasteiger partial charge on any atom is -0.444 e. The second-order valence-corrected chi connectivity index (χ2v) is 8.42. The molecule has 0 radical (unpaired) electrons. The number of thiophene rings is 1. The summed E-state index contributed by atoms with van der Waals surface area (Å²) in [5.41, 5.74) is -1.15. The number of aliphatic hydroxyl groups excluding tert-OH is 1. The van der Waals surface area contributed by atoms with Crippen molar-refractivity contribution in [3.8, 4) is 0 Å². The number of nitrogens with one attached hydrogen (secondary N) is 2. The molecule has 0 saturated heterocycles. The maximum absolute atomic E-state index is 15.1. The van der Waals surface area contributed by atoms with Crippen molar-refractivity contribution in [3.05, 3.63) is 58.3 Å². The molecule has 8 heteroatoms. The van der Waals surface area contributed by atoms with Gasteiger partial charge in [-0.25, -0.2) is 4.79 Å². The molecular weight excluding hydrogens is 386 g/mol. The van der Waals surface area contributed by atoms with Crippen molar-refractivity contribution in [1.82, 2.24) is 10.6 Å². The highest BCUT2D eigenvalue weighted by Crippen LogP contribution is 2.33. The summed E-state index contributed by atoms with van der Waals surface area (Å²) in [5.74, 6) is -3.50. The highest BCUT2D eigenvalue weighted by atomic mass is 32.1. The number of hydrogen-bond donors (Lipinski definition) is 3. The number of benzene rings is 1. The molecule has 2 aromatic rings. The van der Waals surface area contributed by atoms with Crippen LogP contribution in [0.4, 0.5) is 13.6 Å². The fraction of sp³-hybridized carbons (Fsp3) is 0.450. The number of alkyl carbamates (subject to hydrolysis) is 1. The molecule has 1 aromatic carbocycles. The fourth-order valence-electron chi connectivity index (χ4n) is 2.58. The van der Waals surface area contributed by atoms with Gasteiger partial charge in [-0.15, -0.1) is 11.3 Å². The van der Waals surface area contributed by atoms with Gasteiger partial charge in [0.25, 0.3) is 5.92 Å². The van der Waals surface area contributed by atoms with Crippen LogP contribution in [0.5, 0.6) is 0 Å². The van der Waals surface area contributed by atoms with Crippen LogP contribution in [0.1, 0.15) is 31.2 Å². The van der Waals surface area contributed by atoms with Crippen LogP contribution in [0.2, 0.25) is 0 Å². The molecule has 0 aliphatic rings. The molecule has 0 bridgehead atoms. The third kappa shape index (κ3) is 6.54. The molecule has 28 heavy (non-hydrogen) atoms. The number of halogens is 2. The summed E-state index contributed by atoms with van der Waals surface area (Å²) < 4.78 is 35.3. The summed E-state index contributed by atoms with van der Waals surface area (Å²) in [7, 11) is 0. The van der Waals surface area contributed by atoms with Crippen molar-refractivity contribution >= 4 is 17.4 Å². The largest absolute Gasteiger partial charge is 0.444 e. The Labute approximate surface area is 167 Å². The fourth-order valence-corrected chi connectivity index (χ4v) is 3.25. The molecule has 2 unspecified atom stereocenters. The first-order valence-electron chi connectivity index (χ1n) is 8.93. The van der Waals surface area contributed by atoms with Gasteiger partial charge in [-0.3, -0.25) is 0 Å². The van der Waals surface area contributed by atoms with Crippen LogP contribution in [0.15, 0.2) is 47.8 Å². The lowest BCUT2D eigenvalue weighted by Gasteiger charge is -2.32. The third-order valence-electron chi connectivity index (χ3n) is 3.84. The number of carbonyl (C=O) groups excluding carboxylic acids is 1. The SMILES string of the molecule is CC(C)(C)OC(=O)NC(C(O)CNCc1cccs1)C(F)(F)c1ccccc1. The van der Waals surface area contributed by atoms with Gasteiger partial charge in [0.15, 0.2) is 0 Å². The first-order chi connectivity index (χ1) is 13.1. The lowest BCUT2D eigenvalue weighted by Crippen LogP contribution is -2.56. The van der Waals surface area contributed by atoms with Crippen LogP contribution in [0.3, 0.4) is 0 Å². The van der Waals surface area contributed by atoms with Gasteiger partial charge in [-0.1, -0.05) is 36.4 Å². The van der Waals surface area contributed by atoms with Crippen LogP contribution in [0.25, 0.3) is 0 Å². The number of alkyl halides is 2. The number of aliphatic hydroxyl groups is 1. The van der Waals surface area contributed by atoms with Gasteiger partial charge >= 0.3 is 6.09 Å². The predicted molar refractivity (Wildman–Crippen MR) is 106 cm³/mol. The standard InChI is InChI=1S/C20H26F2N2O3S/c1-19(2,3)27-18(26)24-17(20(21,22)14-8-5-4-6-9-14)16(25)13-23-12-15-10-7-11-28-15/h4-11,16-17,23,25H,12-13H2,1-3H3,(H,24,26). The van der Waals surface area contributed by atoms with Crippen molar-refractivity contribution in [2.75, 3.05) is 6.54 Å². The van der Waals surface area contributed by atoms with E-state index in [1.807, 2.05) is 17.5 Å². The van der Waals surface area contributed by atoms with E-state index in [0.717, 1.165) is 4.88 Å². The predicted octanol–water partition coefficient (Wildman–Crippen LogP) is 3.88. The van der Waals surface area contributed by atoms with Crippen molar-refractivity contribution < 1.29 is 23.4 Å². The summed E-state index contributed by atoms with van der Waals surface area (Å²) in [6.07, 6.45) is -2.55. The van der Waals surface area contributed by atoms with E-state index in [0.29, 0.717) is 6.54 Å². The molecule has 5 nitrogen and oxygen atoms in total. The summed E-state index contributed by atoms with van der Waals surface area (Å²) in [5, 5.41) is 17.5. The second-order valence-electron chi connectivity index (χ2n) is 7.39.